The number of piperidine rings is 2. The number of hydrogen-bond acceptors (Lipinski definition) is 5. The maximum atomic E-state index is 12.8. The normalized spacial score (nSPS) is 21.9. The number of nitrogen functional groups attached to an aromatic ring is 1. The average molecular weight is 435 g/mol. The smallest absolute Gasteiger partial charge is 0.255 e. The number of nitrogens with zero attached hydrogens (tertiary/aromatic N) is 3. The van der Waals surface area contributed by atoms with Crippen molar-refractivity contribution in [2.45, 2.75) is 58.1 Å². The van der Waals surface area contributed by atoms with Gasteiger partial charge < -0.3 is 15.4 Å². The van der Waals surface area contributed by atoms with E-state index >= 15 is 0 Å². The topological polar surface area (TPSA) is 71.7 Å². The molecule has 2 aromatic rings. The number of anilines is 1. The molecule has 5 rings (SSSR count). The van der Waals surface area contributed by atoms with Gasteiger partial charge in [-0.2, -0.15) is 0 Å². The summed E-state index contributed by atoms with van der Waals surface area (Å²) in [5.41, 5.74) is 9.87. The number of aromatic nitrogens is 1. The third-order valence-electron chi connectivity index (χ3n) is 7.60. The average Bonchev–Trinajstić information content (AvgIpc) is 3.10. The van der Waals surface area contributed by atoms with Crippen LogP contribution in [0.15, 0.2) is 36.7 Å². The van der Waals surface area contributed by atoms with Crippen molar-refractivity contribution in [1.29, 1.82) is 0 Å². The lowest BCUT2D eigenvalue weighted by Gasteiger charge is -2.47. The number of nitrogens with two attached hydrogens (primary N) is 1. The first-order valence-electron chi connectivity index (χ1n) is 11.8. The number of hydrogen-bond donors (Lipinski definition) is 1. The van der Waals surface area contributed by atoms with Crippen molar-refractivity contribution in [3.63, 3.8) is 0 Å². The monoisotopic (exact) mass is 434 g/mol. The number of pyridine rings is 1. The molecule has 1 amide bonds. The highest BCUT2D eigenvalue weighted by molar-refractivity contribution is 5.94. The van der Waals surface area contributed by atoms with Gasteiger partial charge in [-0.3, -0.25) is 14.7 Å². The second-order valence-electron chi connectivity index (χ2n) is 10.5. The van der Waals surface area contributed by atoms with Crippen molar-refractivity contribution in [2.75, 3.05) is 31.9 Å². The second kappa shape index (κ2) is 8.07. The van der Waals surface area contributed by atoms with Gasteiger partial charge in [-0.15, -0.1) is 0 Å². The molecule has 170 valence electrons. The molecule has 1 aromatic heterocycles. The maximum absolute atomic E-state index is 12.8. The largest absolute Gasteiger partial charge is 0.487 e. The van der Waals surface area contributed by atoms with Crippen LogP contribution >= 0.6 is 0 Å². The molecule has 3 aliphatic heterocycles. The Labute approximate surface area is 190 Å². The predicted octanol–water partition coefficient (Wildman–Crippen LogP) is 3.90. The van der Waals surface area contributed by atoms with Crippen LogP contribution in [-0.2, 0) is 13.0 Å². The number of fused-ring (bicyclic) bond motifs is 1. The minimum absolute atomic E-state index is 0.0537. The standard InChI is InChI=1S/C26H34N4O2/c1-25(2)15-19-4-3-5-20(23(19)32-25)18-29-10-6-26(7-11-29)8-12-30(13-9-26)24(31)21-14-22(27)17-28-16-21/h3-5,14,16-17H,6-13,15,18,27H2,1-2H3. The fourth-order valence-corrected chi connectivity index (χ4v) is 5.67. The third-order valence-corrected chi connectivity index (χ3v) is 7.60. The van der Waals surface area contributed by atoms with E-state index in [2.05, 4.69) is 41.9 Å². The molecule has 4 heterocycles. The van der Waals surface area contributed by atoms with E-state index in [0.29, 0.717) is 16.7 Å². The van der Waals surface area contributed by atoms with E-state index in [1.54, 1.807) is 18.5 Å². The van der Waals surface area contributed by atoms with E-state index in [4.69, 9.17) is 10.5 Å². The highest BCUT2D eigenvalue weighted by Gasteiger charge is 2.39. The molecule has 0 aliphatic carbocycles. The van der Waals surface area contributed by atoms with E-state index in [-0.39, 0.29) is 11.5 Å². The summed E-state index contributed by atoms with van der Waals surface area (Å²) >= 11 is 0. The van der Waals surface area contributed by atoms with Gasteiger partial charge in [0.25, 0.3) is 5.91 Å². The van der Waals surface area contributed by atoms with Gasteiger partial charge >= 0.3 is 0 Å². The van der Waals surface area contributed by atoms with Crippen molar-refractivity contribution in [2.24, 2.45) is 5.41 Å². The first-order valence-corrected chi connectivity index (χ1v) is 11.8. The quantitative estimate of drug-likeness (QED) is 0.793. The zero-order chi connectivity index (χ0) is 22.3. The minimum Gasteiger partial charge on any atom is -0.487 e. The first kappa shape index (κ1) is 21.3. The maximum Gasteiger partial charge on any atom is 0.255 e. The van der Waals surface area contributed by atoms with E-state index in [0.717, 1.165) is 57.7 Å². The Morgan fingerprint density at radius 2 is 1.81 bits per heavy atom. The number of likely N-dealkylation sites (tertiary alicyclic amines) is 2. The molecule has 0 atom stereocenters. The summed E-state index contributed by atoms with van der Waals surface area (Å²) in [5.74, 6) is 1.17. The lowest BCUT2D eigenvalue weighted by atomic mass is 9.71. The van der Waals surface area contributed by atoms with Crippen molar-refractivity contribution in [1.82, 2.24) is 14.8 Å². The van der Waals surface area contributed by atoms with Crippen molar-refractivity contribution in [3.8, 4) is 5.75 Å². The number of amides is 1. The van der Waals surface area contributed by atoms with Crippen LogP contribution in [0.25, 0.3) is 0 Å². The predicted molar refractivity (Wildman–Crippen MR) is 126 cm³/mol. The van der Waals surface area contributed by atoms with Crippen LogP contribution in [0.3, 0.4) is 0 Å². The summed E-state index contributed by atoms with van der Waals surface area (Å²) in [6, 6.07) is 8.32. The number of rotatable bonds is 3. The summed E-state index contributed by atoms with van der Waals surface area (Å²) in [7, 11) is 0. The zero-order valence-corrected chi connectivity index (χ0v) is 19.3. The van der Waals surface area contributed by atoms with Crippen molar-refractivity contribution < 1.29 is 9.53 Å². The van der Waals surface area contributed by atoms with Gasteiger partial charge in [-0.1, -0.05) is 18.2 Å². The molecule has 0 bridgehead atoms. The number of carbonyl (C=O) groups excluding carboxylic acids is 1. The highest BCUT2D eigenvalue weighted by atomic mass is 16.5. The molecule has 1 aromatic carbocycles. The Bertz CT molecular complexity index is 1000. The highest BCUT2D eigenvalue weighted by Crippen LogP contribution is 2.43. The van der Waals surface area contributed by atoms with Crippen LogP contribution < -0.4 is 10.5 Å². The lowest BCUT2D eigenvalue weighted by Crippen LogP contribution is -2.48. The fraction of sp³-hybridized carbons (Fsp3) is 0.538. The Morgan fingerprint density at radius 1 is 1.09 bits per heavy atom. The second-order valence-corrected chi connectivity index (χ2v) is 10.5. The molecule has 2 saturated heterocycles. The molecular weight excluding hydrogens is 400 g/mol. The molecule has 32 heavy (non-hydrogen) atoms. The molecule has 0 saturated carbocycles. The molecule has 3 aliphatic rings. The van der Waals surface area contributed by atoms with Crippen LogP contribution in [-0.4, -0.2) is 52.5 Å². The summed E-state index contributed by atoms with van der Waals surface area (Å²) < 4.78 is 6.28. The van der Waals surface area contributed by atoms with Gasteiger partial charge in [0.15, 0.2) is 0 Å². The number of para-hydroxylation sites is 1. The molecule has 1 spiro atoms. The number of ether oxygens (including phenoxy) is 1. The van der Waals surface area contributed by atoms with E-state index in [1.807, 2.05) is 4.90 Å². The molecule has 0 radical (unpaired) electrons. The molecule has 6 nitrogen and oxygen atoms in total. The Balaban J connectivity index is 1.16. The Morgan fingerprint density at radius 3 is 2.53 bits per heavy atom. The van der Waals surface area contributed by atoms with Crippen LogP contribution in [0.1, 0.15) is 61.0 Å². The van der Waals surface area contributed by atoms with Gasteiger partial charge in [0.1, 0.15) is 11.4 Å². The summed E-state index contributed by atoms with van der Waals surface area (Å²) in [6.45, 7) is 9.16. The number of benzene rings is 1. The summed E-state index contributed by atoms with van der Waals surface area (Å²) in [5, 5.41) is 0. The van der Waals surface area contributed by atoms with E-state index in [9.17, 15) is 4.79 Å². The molecule has 2 N–H and O–H groups in total. The van der Waals surface area contributed by atoms with Crippen LogP contribution in [0, 0.1) is 5.41 Å². The minimum atomic E-state index is -0.0999. The van der Waals surface area contributed by atoms with Crippen molar-refractivity contribution in [3.05, 3.63) is 53.3 Å². The van der Waals surface area contributed by atoms with Gasteiger partial charge in [-0.05, 0) is 69.7 Å². The van der Waals surface area contributed by atoms with E-state index in [1.165, 1.54) is 24.0 Å². The fourth-order valence-electron chi connectivity index (χ4n) is 5.67. The SMILES string of the molecule is CC1(C)Cc2cccc(CN3CCC4(CC3)CCN(C(=O)c3cncc(N)c3)CC4)c2O1. The van der Waals surface area contributed by atoms with Gasteiger partial charge in [0, 0.05) is 44.0 Å². The molecule has 2 fully saturated rings. The molecular formula is C26H34N4O2. The van der Waals surface area contributed by atoms with Crippen LogP contribution in [0.4, 0.5) is 5.69 Å². The number of carbonyl (C=O) groups is 1. The first-order chi connectivity index (χ1) is 15.3. The zero-order valence-electron chi connectivity index (χ0n) is 19.3. The van der Waals surface area contributed by atoms with Gasteiger partial charge in [-0.25, -0.2) is 0 Å². The summed E-state index contributed by atoms with van der Waals surface area (Å²) in [4.78, 5) is 21.4. The summed E-state index contributed by atoms with van der Waals surface area (Å²) in [6.07, 6.45) is 8.76. The molecule has 6 heteroatoms. The van der Waals surface area contributed by atoms with Crippen LogP contribution in [0.5, 0.6) is 5.75 Å². The molecule has 0 unspecified atom stereocenters. The van der Waals surface area contributed by atoms with Gasteiger partial charge in [0.2, 0.25) is 0 Å². The lowest BCUT2D eigenvalue weighted by molar-refractivity contribution is 0.0282. The van der Waals surface area contributed by atoms with Crippen LogP contribution in [0.2, 0.25) is 0 Å². The third kappa shape index (κ3) is 4.20. The van der Waals surface area contributed by atoms with Crippen molar-refractivity contribution >= 4 is 11.6 Å². The van der Waals surface area contributed by atoms with E-state index < -0.39 is 0 Å². The Hall–Kier alpha value is -2.60. The van der Waals surface area contributed by atoms with Gasteiger partial charge in [0.05, 0.1) is 11.3 Å². The Kier molecular flexibility index (Phi) is 5.36.